The molecule has 0 aromatic rings. The van der Waals surface area contributed by atoms with Crippen molar-refractivity contribution in [2.24, 2.45) is 5.73 Å². The van der Waals surface area contributed by atoms with E-state index >= 15 is 0 Å². The van der Waals surface area contributed by atoms with Crippen molar-refractivity contribution in [2.75, 3.05) is 6.54 Å². The molecule has 0 spiro atoms. The molecule has 0 saturated heterocycles. The van der Waals surface area contributed by atoms with Crippen LogP contribution in [0.1, 0.15) is 13.3 Å². The maximum atomic E-state index is 5.65. The Bertz CT molecular complexity index is 116. The molecule has 0 aliphatic rings. The van der Waals surface area contributed by atoms with Crippen LogP contribution in [0.15, 0.2) is 23.3 Å². The van der Waals surface area contributed by atoms with E-state index in [1.54, 1.807) is 6.08 Å². The molecule has 0 radical (unpaired) electrons. The summed E-state index contributed by atoms with van der Waals surface area (Å²) >= 11 is 5.65. The molecule has 9 heavy (non-hydrogen) atoms. The van der Waals surface area contributed by atoms with Gasteiger partial charge in [-0.3, -0.25) is 0 Å². The van der Waals surface area contributed by atoms with Crippen molar-refractivity contribution in [1.82, 2.24) is 0 Å². The van der Waals surface area contributed by atoms with E-state index in [0.29, 0.717) is 6.54 Å². The van der Waals surface area contributed by atoms with Crippen LogP contribution in [0, 0.1) is 0 Å². The highest BCUT2D eigenvalue weighted by Gasteiger charge is 1.78. The molecule has 0 atom stereocenters. The van der Waals surface area contributed by atoms with E-state index in [1.165, 1.54) is 0 Å². The molecule has 0 rings (SSSR count). The summed E-state index contributed by atoms with van der Waals surface area (Å²) in [5, 5.41) is 0.722. The Balaban J connectivity index is 3.60. The Morgan fingerprint density at radius 1 is 1.67 bits per heavy atom. The fourth-order valence-electron chi connectivity index (χ4n) is 0.411. The van der Waals surface area contributed by atoms with Crippen molar-refractivity contribution in [1.29, 1.82) is 0 Å². The second-order valence-electron chi connectivity index (χ2n) is 1.64. The summed E-state index contributed by atoms with van der Waals surface area (Å²) in [5.41, 5.74) is 5.21. The molecule has 0 saturated carbocycles. The lowest BCUT2D eigenvalue weighted by molar-refractivity contribution is 1.22. The second-order valence-corrected chi connectivity index (χ2v) is 2.07. The van der Waals surface area contributed by atoms with Gasteiger partial charge in [0, 0.05) is 11.6 Å². The van der Waals surface area contributed by atoms with Crippen LogP contribution in [0.2, 0.25) is 0 Å². The van der Waals surface area contributed by atoms with Crippen LogP contribution in [0.25, 0.3) is 0 Å². The zero-order valence-electron chi connectivity index (χ0n) is 5.60. The summed E-state index contributed by atoms with van der Waals surface area (Å²) in [5.74, 6) is 0. The highest BCUT2D eigenvalue weighted by molar-refractivity contribution is 6.31. The number of hydrogen-bond acceptors (Lipinski definition) is 1. The van der Waals surface area contributed by atoms with Crippen molar-refractivity contribution in [2.45, 2.75) is 13.3 Å². The number of nitrogens with two attached hydrogens (primary N) is 1. The van der Waals surface area contributed by atoms with Crippen LogP contribution in [0.5, 0.6) is 0 Å². The first-order valence-corrected chi connectivity index (χ1v) is 3.41. The third-order valence-corrected chi connectivity index (χ3v) is 1.11. The molecule has 0 amide bonds. The average molecular weight is 146 g/mol. The third-order valence-electron chi connectivity index (χ3n) is 0.826. The van der Waals surface area contributed by atoms with Gasteiger partial charge in [0.05, 0.1) is 0 Å². The Labute approximate surface area is 61.2 Å². The van der Waals surface area contributed by atoms with Crippen molar-refractivity contribution < 1.29 is 0 Å². The molecule has 2 heteroatoms. The number of hydrogen-bond donors (Lipinski definition) is 1. The van der Waals surface area contributed by atoms with E-state index in [0.717, 1.165) is 11.5 Å². The molecule has 0 aliphatic heterocycles. The largest absolute Gasteiger partial charge is 0.327 e. The van der Waals surface area contributed by atoms with Gasteiger partial charge < -0.3 is 5.73 Å². The number of rotatable bonds is 3. The summed E-state index contributed by atoms with van der Waals surface area (Å²) < 4.78 is 0. The Kier molecular flexibility index (Phi) is 5.68. The lowest BCUT2D eigenvalue weighted by Gasteiger charge is -1.84. The average Bonchev–Trinajstić information content (AvgIpc) is 1.85. The Morgan fingerprint density at radius 3 is 2.78 bits per heavy atom. The highest BCUT2D eigenvalue weighted by Crippen LogP contribution is 2.01. The van der Waals surface area contributed by atoms with Gasteiger partial charge in [-0.2, -0.15) is 0 Å². The normalized spacial score (nSPS) is 13.0. The molecule has 0 unspecified atom stereocenters. The third kappa shape index (κ3) is 5.60. The predicted octanol–water partition coefficient (Wildman–Crippen LogP) is 2.03. The Hall–Kier alpha value is -0.270. The van der Waals surface area contributed by atoms with E-state index in [1.807, 2.05) is 12.2 Å². The molecule has 0 aromatic heterocycles. The molecule has 0 fully saturated rings. The van der Waals surface area contributed by atoms with Gasteiger partial charge in [0.1, 0.15) is 0 Å². The van der Waals surface area contributed by atoms with E-state index in [2.05, 4.69) is 6.92 Å². The van der Waals surface area contributed by atoms with Crippen molar-refractivity contribution >= 4 is 11.6 Å². The lowest BCUT2D eigenvalue weighted by atomic mass is 10.4. The molecule has 0 bridgehead atoms. The topological polar surface area (TPSA) is 26.0 Å². The summed E-state index contributed by atoms with van der Waals surface area (Å²) in [6.45, 7) is 2.57. The zero-order chi connectivity index (χ0) is 7.11. The second kappa shape index (κ2) is 5.86. The molecule has 52 valence electrons. The van der Waals surface area contributed by atoms with Crippen molar-refractivity contribution in [3.63, 3.8) is 0 Å². The minimum absolute atomic E-state index is 0.507. The smallest absolute Gasteiger partial charge is 0.0375 e. The van der Waals surface area contributed by atoms with Crippen molar-refractivity contribution in [3.05, 3.63) is 23.3 Å². The van der Waals surface area contributed by atoms with Gasteiger partial charge >= 0.3 is 0 Å². The fraction of sp³-hybridized carbons (Fsp3) is 0.429. The predicted molar refractivity (Wildman–Crippen MR) is 42.4 cm³/mol. The van der Waals surface area contributed by atoms with Gasteiger partial charge in [-0.15, -0.1) is 0 Å². The van der Waals surface area contributed by atoms with Gasteiger partial charge in [-0.05, 0) is 12.5 Å². The first kappa shape index (κ1) is 8.73. The molecule has 0 aromatic carbocycles. The molecular formula is C7H12ClN. The Morgan fingerprint density at radius 2 is 2.33 bits per heavy atom. The minimum atomic E-state index is 0.507. The number of halogens is 1. The molecule has 2 N–H and O–H groups in total. The standard InChI is InChI=1S/C7H12ClN/c1-2-3-4-7(8)5-6-9/h3-5H,2,6,9H2,1H3/b4-3-,7-5+. The molecular weight excluding hydrogens is 134 g/mol. The van der Waals surface area contributed by atoms with Gasteiger partial charge in [-0.1, -0.05) is 30.7 Å². The molecule has 0 heterocycles. The summed E-state index contributed by atoms with van der Waals surface area (Å²) in [4.78, 5) is 0. The van der Waals surface area contributed by atoms with Gasteiger partial charge in [0.15, 0.2) is 0 Å². The van der Waals surface area contributed by atoms with Gasteiger partial charge in [0.25, 0.3) is 0 Å². The summed E-state index contributed by atoms with van der Waals surface area (Å²) in [6, 6.07) is 0. The van der Waals surface area contributed by atoms with Gasteiger partial charge in [-0.25, -0.2) is 0 Å². The molecule has 1 nitrogen and oxygen atoms in total. The maximum absolute atomic E-state index is 5.65. The molecule has 0 aliphatic carbocycles. The summed E-state index contributed by atoms with van der Waals surface area (Å²) in [6.07, 6.45) is 6.63. The number of allylic oxidation sites excluding steroid dienone is 3. The fourth-order valence-corrected chi connectivity index (χ4v) is 0.589. The first-order valence-electron chi connectivity index (χ1n) is 3.03. The van der Waals surface area contributed by atoms with Crippen LogP contribution in [-0.4, -0.2) is 6.54 Å². The van der Waals surface area contributed by atoms with Crippen LogP contribution in [0.4, 0.5) is 0 Å². The van der Waals surface area contributed by atoms with Crippen LogP contribution >= 0.6 is 11.6 Å². The minimum Gasteiger partial charge on any atom is -0.327 e. The lowest BCUT2D eigenvalue weighted by Crippen LogP contribution is -1.92. The van der Waals surface area contributed by atoms with Crippen molar-refractivity contribution in [3.8, 4) is 0 Å². The zero-order valence-corrected chi connectivity index (χ0v) is 6.36. The monoisotopic (exact) mass is 145 g/mol. The van der Waals surface area contributed by atoms with E-state index in [-0.39, 0.29) is 0 Å². The highest BCUT2D eigenvalue weighted by atomic mass is 35.5. The van der Waals surface area contributed by atoms with E-state index in [4.69, 9.17) is 17.3 Å². The van der Waals surface area contributed by atoms with Gasteiger partial charge in [0.2, 0.25) is 0 Å². The van der Waals surface area contributed by atoms with Crippen LogP contribution in [-0.2, 0) is 0 Å². The van der Waals surface area contributed by atoms with E-state index < -0.39 is 0 Å². The first-order chi connectivity index (χ1) is 4.31. The summed E-state index contributed by atoms with van der Waals surface area (Å²) in [7, 11) is 0. The quantitative estimate of drug-likeness (QED) is 0.605. The SMILES string of the molecule is CC/C=C\C(Cl)=C/CN. The van der Waals surface area contributed by atoms with Crippen LogP contribution < -0.4 is 5.73 Å². The maximum Gasteiger partial charge on any atom is 0.0375 e. The van der Waals surface area contributed by atoms with Crippen LogP contribution in [0.3, 0.4) is 0 Å². The van der Waals surface area contributed by atoms with E-state index in [9.17, 15) is 0 Å².